The summed E-state index contributed by atoms with van der Waals surface area (Å²) >= 11 is 0. The maximum atomic E-state index is 13.5. The third-order valence-electron chi connectivity index (χ3n) is 5.16. The van der Waals surface area contributed by atoms with Crippen molar-refractivity contribution >= 4 is 17.6 Å². The minimum atomic E-state index is -2.86. The molecule has 2 aromatic rings. The summed E-state index contributed by atoms with van der Waals surface area (Å²) in [5.74, 6) is 0.0943. The normalized spacial score (nSPS) is 20.3. The van der Waals surface area contributed by atoms with Gasteiger partial charge in [-0.2, -0.15) is 8.78 Å². The first-order chi connectivity index (χ1) is 13.5. The van der Waals surface area contributed by atoms with Crippen molar-refractivity contribution in [3.8, 4) is 5.75 Å². The molecule has 1 aliphatic rings. The van der Waals surface area contributed by atoms with E-state index in [9.17, 15) is 13.6 Å². The van der Waals surface area contributed by atoms with E-state index < -0.39 is 6.61 Å². The van der Waals surface area contributed by atoms with E-state index in [-0.39, 0.29) is 23.7 Å². The van der Waals surface area contributed by atoms with Gasteiger partial charge >= 0.3 is 6.61 Å². The zero-order valence-corrected chi connectivity index (χ0v) is 16.1. The van der Waals surface area contributed by atoms with Crippen molar-refractivity contribution in [2.45, 2.75) is 51.8 Å². The molecular formula is C23H25F2NO2. The Kier molecular flexibility index (Phi) is 6.45. The molecule has 2 aromatic carbocycles. The van der Waals surface area contributed by atoms with Gasteiger partial charge in [-0.25, -0.2) is 0 Å². The average Bonchev–Trinajstić information content (AvgIpc) is 2.67. The zero-order valence-electron chi connectivity index (χ0n) is 16.1. The molecule has 0 spiro atoms. The number of halogens is 2. The van der Waals surface area contributed by atoms with Crippen LogP contribution in [0, 0.1) is 0 Å². The minimum Gasteiger partial charge on any atom is -0.435 e. The van der Waals surface area contributed by atoms with E-state index >= 15 is 0 Å². The van der Waals surface area contributed by atoms with Crippen LogP contribution >= 0.6 is 0 Å². The first-order valence-corrected chi connectivity index (χ1v) is 9.60. The maximum Gasteiger partial charge on any atom is 0.387 e. The maximum absolute atomic E-state index is 13.5. The summed E-state index contributed by atoms with van der Waals surface area (Å²) in [5.41, 5.74) is 2.19. The Morgan fingerprint density at radius 1 is 1.04 bits per heavy atom. The quantitative estimate of drug-likeness (QED) is 0.494. The number of benzene rings is 2. The molecule has 1 amide bonds. The molecule has 0 aromatic heterocycles. The van der Waals surface area contributed by atoms with Gasteiger partial charge in [0.25, 0.3) is 5.91 Å². The van der Waals surface area contributed by atoms with Crippen LogP contribution in [0.25, 0.3) is 11.6 Å². The summed E-state index contributed by atoms with van der Waals surface area (Å²) in [6.07, 6.45) is 4.94. The average molecular weight is 385 g/mol. The van der Waals surface area contributed by atoms with Gasteiger partial charge in [0.15, 0.2) is 0 Å². The molecule has 1 fully saturated rings. The third-order valence-corrected chi connectivity index (χ3v) is 5.16. The van der Waals surface area contributed by atoms with Gasteiger partial charge in [0.2, 0.25) is 0 Å². The predicted octanol–water partition coefficient (Wildman–Crippen LogP) is 5.62. The summed E-state index contributed by atoms with van der Waals surface area (Å²) in [4.78, 5) is 15.4. The molecule has 0 unspecified atom stereocenters. The molecule has 3 nitrogen and oxygen atoms in total. The highest BCUT2D eigenvalue weighted by atomic mass is 19.3. The number of carbonyl (C=O) groups is 1. The molecule has 0 bridgehead atoms. The predicted molar refractivity (Wildman–Crippen MR) is 107 cm³/mol. The van der Waals surface area contributed by atoms with Crippen molar-refractivity contribution in [3.63, 3.8) is 0 Å². The Balaban J connectivity index is 1.95. The second-order valence-electron chi connectivity index (χ2n) is 7.21. The van der Waals surface area contributed by atoms with Crippen LogP contribution in [-0.2, 0) is 4.79 Å². The minimum absolute atomic E-state index is 0.00110. The van der Waals surface area contributed by atoms with Gasteiger partial charge in [-0.1, -0.05) is 42.5 Å². The number of amides is 1. The molecule has 1 aliphatic heterocycles. The van der Waals surface area contributed by atoms with Crippen molar-refractivity contribution in [2.24, 2.45) is 0 Å². The lowest BCUT2D eigenvalue weighted by Gasteiger charge is -2.39. The van der Waals surface area contributed by atoms with E-state index in [0.717, 1.165) is 30.4 Å². The van der Waals surface area contributed by atoms with Gasteiger partial charge in [-0.3, -0.25) is 4.79 Å². The molecule has 28 heavy (non-hydrogen) atoms. The molecule has 148 valence electrons. The standard InChI is InChI=1S/C23H25F2NO2/c1-16-7-6-8-17(2)26(16)22(27)21(19-9-4-3-5-10-19)15-18-11-13-20(14-12-18)28-23(24)25/h3-5,9-17,23H,6-8H2,1-2H3/t16-,17+. The molecule has 1 saturated heterocycles. The Morgan fingerprint density at radius 2 is 1.64 bits per heavy atom. The van der Waals surface area contributed by atoms with Crippen LogP contribution in [0.15, 0.2) is 54.6 Å². The number of hydrogen-bond acceptors (Lipinski definition) is 2. The number of carbonyl (C=O) groups excluding carboxylic acids is 1. The fourth-order valence-electron chi connectivity index (χ4n) is 3.76. The van der Waals surface area contributed by atoms with Crippen LogP contribution in [0.5, 0.6) is 5.75 Å². The number of hydrogen-bond donors (Lipinski definition) is 0. The van der Waals surface area contributed by atoms with E-state index in [0.29, 0.717) is 5.57 Å². The first-order valence-electron chi connectivity index (χ1n) is 9.60. The second-order valence-corrected chi connectivity index (χ2v) is 7.21. The van der Waals surface area contributed by atoms with Gasteiger partial charge in [0.05, 0.1) is 0 Å². The highest BCUT2D eigenvalue weighted by Crippen LogP contribution is 2.29. The molecule has 0 radical (unpaired) electrons. The van der Waals surface area contributed by atoms with Crippen molar-refractivity contribution in [3.05, 3.63) is 65.7 Å². The summed E-state index contributed by atoms with van der Waals surface area (Å²) in [6.45, 7) is 1.32. The number of alkyl halides is 2. The van der Waals surface area contributed by atoms with Crippen molar-refractivity contribution < 1.29 is 18.3 Å². The van der Waals surface area contributed by atoms with Crippen LogP contribution in [-0.4, -0.2) is 29.5 Å². The fourth-order valence-corrected chi connectivity index (χ4v) is 3.76. The lowest BCUT2D eigenvalue weighted by atomic mass is 9.94. The van der Waals surface area contributed by atoms with Crippen molar-refractivity contribution in [1.82, 2.24) is 4.90 Å². The molecule has 0 N–H and O–H groups in total. The number of ether oxygens (including phenoxy) is 1. The third kappa shape index (κ3) is 4.77. The molecule has 3 rings (SSSR count). The first kappa shape index (κ1) is 20.1. The Labute approximate surface area is 164 Å². The monoisotopic (exact) mass is 385 g/mol. The number of likely N-dealkylation sites (tertiary alicyclic amines) is 1. The van der Waals surface area contributed by atoms with Gasteiger partial charge in [0, 0.05) is 17.7 Å². The van der Waals surface area contributed by atoms with Crippen molar-refractivity contribution in [2.75, 3.05) is 0 Å². The molecule has 5 heteroatoms. The number of piperidine rings is 1. The highest BCUT2D eigenvalue weighted by Gasteiger charge is 2.31. The van der Waals surface area contributed by atoms with E-state index in [2.05, 4.69) is 18.6 Å². The van der Waals surface area contributed by atoms with Gasteiger partial charge < -0.3 is 9.64 Å². The molecule has 0 saturated carbocycles. The summed E-state index contributed by atoms with van der Waals surface area (Å²) in [7, 11) is 0. The Bertz CT molecular complexity index is 808. The molecule has 0 aliphatic carbocycles. The van der Waals surface area contributed by atoms with E-state index in [1.165, 1.54) is 12.1 Å². The number of rotatable bonds is 5. The summed E-state index contributed by atoms with van der Waals surface area (Å²) in [5, 5.41) is 0. The highest BCUT2D eigenvalue weighted by molar-refractivity contribution is 6.24. The zero-order chi connectivity index (χ0) is 20.1. The fraction of sp³-hybridized carbons (Fsp3) is 0.348. The Hall–Kier alpha value is -2.69. The number of nitrogens with zero attached hydrogens (tertiary/aromatic N) is 1. The largest absolute Gasteiger partial charge is 0.435 e. The lowest BCUT2D eigenvalue weighted by Crippen LogP contribution is -2.47. The van der Waals surface area contributed by atoms with E-state index in [4.69, 9.17) is 0 Å². The summed E-state index contributed by atoms with van der Waals surface area (Å²) in [6, 6.07) is 16.2. The van der Waals surface area contributed by atoms with Crippen LogP contribution in [0.1, 0.15) is 44.2 Å². The van der Waals surface area contributed by atoms with Crippen LogP contribution < -0.4 is 4.74 Å². The van der Waals surface area contributed by atoms with Gasteiger partial charge in [-0.05, 0) is 62.4 Å². The topological polar surface area (TPSA) is 29.5 Å². The summed E-state index contributed by atoms with van der Waals surface area (Å²) < 4.78 is 29.1. The smallest absolute Gasteiger partial charge is 0.387 e. The van der Waals surface area contributed by atoms with Crippen LogP contribution in [0.2, 0.25) is 0 Å². The van der Waals surface area contributed by atoms with Gasteiger partial charge in [0.1, 0.15) is 5.75 Å². The lowest BCUT2D eigenvalue weighted by molar-refractivity contribution is -0.130. The van der Waals surface area contributed by atoms with Crippen LogP contribution in [0.4, 0.5) is 8.78 Å². The van der Waals surface area contributed by atoms with Crippen LogP contribution in [0.3, 0.4) is 0 Å². The SMILES string of the molecule is C[C@@H]1CCC[C@H](C)N1C(=O)C(=Cc1ccc(OC(F)F)cc1)c1ccccc1. The molecule has 2 atom stereocenters. The Morgan fingerprint density at radius 3 is 2.21 bits per heavy atom. The second kappa shape index (κ2) is 9.00. The van der Waals surface area contributed by atoms with E-state index in [1.807, 2.05) is 41.3 Å². The molecular weight excluding hydrogens is 360 g/mol. The van der Waals surface area contributed by atoms with E-state index in [1.54, 1.807) is 12.1 Å². The van der Waals surface area contributed by atoms with Crippen molar-refractivity contribution in [1.29, 1.82) is 0 Å². The molecule has 1 heterocycles. The van der Waals surface area contributed by atoms with Gasteiger partial charge in [-0.15, -0.1) is 0 Å².